The van der Waals surface area contributed by atoms with Crippen molar-refractivity contribution < 1.29 is 14.6 Å². The number of hydrogen-bond acceptors (Lipinski definition) is 5. The van der Waals surface area contributed by atoms with E-state index in [0.717, 1.165) is 61.4 Å². The van der Waals surface area contributed by atoms with Crippen LogP contribution in [0.5, 0.6) is 5.88 Å². The van der Waals surface area contributed by atoms with Crippen LogP contribution in [-0.4, -0.2) is 48.1 Å². The average Bonchev–Trinajstić information content (AvgIpc) is 2.50. The zero-order valence-corrected chi connectivity index (χ0v) is 15.1. The van der Waals surface area contributed by atoms with Crippen molar-refractivity contribution in [1.29, 1.82) is 0 Å². The van der Waals surface area contributed by atoms with Gasteiger partial charge in [0.15, 0.2) is 0 Å². The monoisotopic (exact) mass is 418 g/mol. The van der Waals surface area contributed by atoms with Crippen LogP contribution < -0.4 is 9.64 Å². The molecule has 5 nitrogen and oxygen atoms in total. The SMILES string of the molecule is C[C@]1(O)CC[C@H](Oc2cc(I)cc(N3CCOCC3)n2)CC1. The molecule has 1 N–H and O–H groups in total. The first kappa shape index (κ1) is 16.3. The fourth-order valence-corrected chi connectivity index (χ4v) is 3.52. The molecule has 0 unspecified atom stereocenters. The molecule has 122 valence electrons. The molecule has 0 bridgehead atoms. The maximum atomic E-state index is 10.0. The van der Waals surface area contributed by atoms with Crippen molar-refractivity contribution in [3.63, 3.8) is 0 Å². The lowest BCUT2D eigenvalue weighted by molar-refractivity contribution is -0.0117. The van der Waals surface area contributed by atoms with Gasteiger partial charge in [0.2, 0.25) is 5.88 Å². The lowest BCUT2D eigenvalue weighted by Gasteiger charge is -2.33. The van der Waals surface area contributed by atoms with Crippen molar-refractivity contribution in [2.24, 2.45) is 0 Å². The number of pyridine rings is 1. The van der Waals surface area contributed by atoms with Crippen LogP contribution >= 0.6 is 22.6 Å². The number of anilines is 1. The highest BCUT2D eigenvalue weighted by molar-refractivity contribution is 14.1. The molecule has 22 heavy (non-hydrogen) atoms. The minimum Gasteiger partial charge on any atom is -0.474 e. The summed E-state index contributed by atoms with van der Waals surface area (Å²) in [6, 6.07) is 4.07. The Labute approximate surface area is 145 Å². The van der Waals surface area contributed by atoms with Gasteiger partial charge < -0.3 is 19.5 Å². The summed E-state index contributed by atoms with van der Waals surface area (Å²) in [5.74, 6) is 1.66. The topological polar surface area (TPSA) is 54.8 Å². The van der Waals surface area contributed by atoms with Gasteiger partial charge in [-0.1, -0.05) is 0 Å². The first-order chi connectivity index (χ1) is 10.5. The van der Waals surface area contributed by atoms with E-state index in [-0.39, 0.29) is 6.10 Å². The van der Waals surface area contributed by atoms with Gasteiger partial charge in [0.25, 0.3) is 0 Å². The molecule has 0 atom stereocenters. The quantitative estimate of drug-likeness (QED) is 0.765. The van der Waals surface area contributed by atoms with Crippen LogP contribution in [0.15, 0.2) is 12.1 Å². The molecule has 1 aliphatic carbocycles. The van der Waals surface area contributed by atoms with Crippen molar-refractivity contribution in [2.45, 2.75) is 44.3 Å². The van der Waals surface area contributed by atoms with Gasteiger partial charge in [-0.15, -0.1) is 0 Å². The van der Waals surface area contributed by atoms with Crippen LogP contribution in [0.2, 0.25) is 0 Å². The number of nitrogens with zero attached hydrogens (tertiary/aromatic N) is 2. The fraction of sp³-hybridized carbons (Fsp3) is 0.688. The van der Waals surface area contributed by atoms with Crippen molar-refractivity contribution in [1.82, 2.24) is 4.98 Å². The Kier molecular flexibility index (Phi) is 5.09. The molecule has 1 aromatic heterocycles. The Hall–Kier alpha value is -0.600. The van der Waals surface area contributed by atoms with Crippen LogP contribution in [0.1, 0.15) is 32.6 Å². The summed E-state index contributed by atoms with van der Waals surface area (Å²) in [6.45, 7) is 5.16. The molecular formula is C16H23IN2O3. The second-order valence-corrected chi connectivity index (χ2v) is 7.64. The van der Waals surface area contributed by atoms with E-state index in [1.807, 2.05) is 13.0 Å². The van der Waals surface area contributed by atoms with Crippen molar-refractivity contribution in [3.8, 4) is 5.88 Å². The molecule has 1 saturated heterocycles. The second kappa shape index (κ2) is 6.88. The molecule has 0 spiro atoms. The summed E-state index contributed by atoms with van der Waals surface area (Å²) in [5.41, 5.74) is -0.530. The van der Waals surface area contributed by atoms with E-state index in [9.17, 15) is 5.11 Å². The summed E-state index contributed by atoms with van der Waals surface area (Å²) >= 11 is 2.31. The molecule has 1 aliphatic heterocycles. The number of halogens is 1. The van der Waals surface area contributed by atoms with Gasteiger partial charge in [-0.3, -0.25) is 0 Å². The molecular weight excluding hydrogens is 395 g/mol. The minimum atomic E-state index is -0.530. The van der Waals surface area contributed by atoms with Crippen LogP contribution in [0.4, 0.5) is 5.82 Å². The summed E-state index contributed by atoms with van der Waals surface area (Å²) in [7, 11) is 0. The highest BCUT2D eigenvalue weighted by Gasteiger charge is 2.30. The van der Waals surface area contributed by atoms with Gasteiger partial charge in [0.05, 0.1) is 18.8 Å². The van der Waals surface area contributed by atoms with Gasteiger partial charge in [0, 0.05) is 22.7 Å². The van der Waals surface area contributed by atoms with Gasteiger partial charge in [-0.25, -0.2) is 0 Å². The molecule has 2 heterocycles. The van der Waals surface area contributed by atoms with Gasteiger partial charge in [0.1, 0.15) is 11.9 Å². The molecule has 1 saturated carbocycles. The second-order valence-electron chi connectivity index (χ2n) is 6.40. The lowest BCUT2D eigenvalue weighted by atomic mass is 9.85. The molecule has 0 amide bonds. The Morgan fingerprint density at radius 1 is 1.32 bits per heavy atom. The molecule has 2 aliphatic rings. The summed E-state index contributed by atoms with van der Waals surface area (Å²) in [5, 5.41) is 10.0. The van der Waals surface area contributed by atoms with Crippen LogP contribution in [0.25, 0.3) is 0 Å². The van der Waals surface area contributed by atoms with Crippen LogP contribution in [-0.2, 0) is 4.74 Å². The van der Waals surface area contributed by atoms with E-state index in [4.69, 9.17) is 9.47 Å². The standard InChI is InChI=1S/C16H23IN2O3/c1-16(20)4-2-13(3-5-16)22-15-11-12(17)10-14(18-15)19-6-8-21-9-7-19/h10-11,13,20H,2-9H2,1H3/t13-,16-. The third-order valence-electron chi connectivity index (χ3n) is 4.39. The first-order valence-electron chi connectivity index (χ1n) is 7.91. The molecule has 3 rings (SSSR count). The number of rotatable bonds is 3. The predicted molar refractivity (Wildman–Crippen MR) is 93.5 cm³/mol. The Balaban J connectivity index is 1.67. The van der Waals surface area contributed by atoms with E-state index >= 15 is 0 Å². The largest absolute Gasteiger partial charge is 0.474 e. The highest BCUT2D eigenvalue weighted by atomic mass is 127. The van der Waals surface area contributed by atoms with Gasteiger partial charge in [-0.05, 0) is 61.3 Å². The third-order valence-corrected chi connectivity index (χ3v) is 5.01. The zero-order valence-electron chi connectivity index (χ0n) is 12.9. The molecule has 6 heteroatoms. The minimum absolute atomic E-state index is 0.156. The Morgan fingerprint density at radius 2 is 2.00 bits per heavy atom. The molecule has 0 radical (unpaired) electrons. The number of morpholine rings is 1. The first-order valence-corrected chi connectivity index (χ1v) is 8.99. The summed E-state index contributed by atoms with van der Waals surface area (Å²) in [4.78, 5) is 6.91. The third kappa shape index (κ3) is 4.23. The maximum absolute atomic E-state index is 10.0. The van der Waals surface area contributed by atoms with Gasteiger partial charge >= 0.3 is 0 Å². The highest BCUT2D eigenvalue weighted by Crippen LogP contribution is 2.31. The van der Waals surface area contributed by atoms with Crippen LogP contribution in [0, 0.1) is 3.57 Å². The fourth-order valence-electron chi connectivity index (χ4n) is 2.98. The molecule has 2 fully saturated rings. The van der Waals surface area contributed by atoms with E-state index in [1.54, 1.807) is 0 Å². The van der Waals surface area contributed by atoms with Crippen molar-refractivity contribution in [2.75, 3.05) is 31.2 Å². The Bertz CT molecular complexity index is 508. The summed E-state index contributed by atoms with van der Waals surface area (Å²) < 4.78 is 12.6. The Morgan fingerprint density at radius 3 is 2.68 bits per heavy atom. The van der Waals surface area contributed by atoms with E-state index < -0.39 is 5.60 Å². The number of hydrogen-bond donors (Lipinski definition) is 1. The van der Waals surface area contributed by atoms with Crippen molar-refractivity contribution >= 4 is 28.4 Å². The predicted octanol–water partition coefficient (Wildman–Crippen LogP) is 2.60. The van der Waals surface area contributed by atoms with E-state index in [0.29, 0.717) is 5.88 Å². The normalized spacial score (nSPS) is 29.4. The molecule has 0 aromatic carbocycles. The van der Waals surface area contributed by atoms with Crippen LogP contribution in [0.3, 0.4) is 0 Å². The van der Waals surface area contributed by atoms with Crippen molar-refractivity contribution in [3.05, 3.63) is 15.7 Å². The number of aromatic nitrogens is 1. The van der Waals surface area contributed by atoms with E-state index in [1.165, 1.54) is 0 Å². The maximum Gasteiger partial charge on any atom is 0.216 e. The summed E-state index contributed by atoms with van der Waals surface area (Å²) in [6.07, 6.45) is 3.50. The smallest absolute Gasteiger partial charge is 0.216 e. The number of ether oxygens (including phenoxy) is 2. The zero-order chi connectivity index (χ0) is 15.6. The van der Waals surface area contributed by atoms with E-state index in [2.05, 4.69) is 38.5 Å². The molecule has 1 aromatic rings. The number of aliphatic hydroxyl groups is 1. The lowest BCUT2D eigenvalue weighted by Crippen LogP contribution is -2.37. The van der Waals surface area contributed by atoms with Gasteiger partial charge in [-0.2, -0.15) is 4.98 Å². The average molecular weight is 418 g/mol.